The lowest BCUT2D eigenvalue weighted by Gasteiger charge is -2.37. The fourth-order valence-electron chi connectivity index (χ4n) is 2.37. The molecule has 1 fully saturated rings. The van der Waals surface area contributed by atoms with Crippen LogP contribution in [-0.4, -0.2) is 74.2 Å². The third kappa shape index (κ3) is 7.08. The Hall–Kier alpha value is -0.0800. The number of nitrogens with one attached hydrogen (secondary N) is 2. The number of nitrogens with zero attached hydrogens (tertiary/aromatic N) is 3. The summed E-state index contributed by atoms with van der Waals surface area (Å²) in [5.41, 5.74) is 0. The van der Waals surface area contributed by atoms with Crippen molar-refractivity contribution in [2.24, 2.45) is 4.99 Å². The highest BCUT2D eigenvalue weighted by atomic mass is 127. The van der Waals surface area contributed by atoms with Crippen LogP contribution in [0.2, 0.25) is 0 Å². The lowest BCUT2D eigenvalue weighted by Crippen LogP contribution is -2.50. The summed E-state index contributed by atoms with van der Waals surface area (Å²) in [6.07, 6.45) is 0. The van der Waals surface area contributed by atoms with Gasteiger partial charge in [0.2, 0.25) is 0 Å². The van der Waals surface area contributed by atoms with E-state index in [4.69, 9.17) is 0 Å². The van der Waals surface area contributed by atoms with Crippen molar-refractivity contribution in [2.75, 3.05) is 52.4 Å². The van der Waals surface area contributed by atoms with Gasteiger partial charge in [-0.3, -0.25) is 9.89 Å². The van der Waals surface area contributed by atoms with Crippen molar-refractivity contribution in [1.82, 2.24) is 20.4 Å². The molecule has 0 saturated carbocycles. The van der Waals surface area contributed by atoms with Gasteiger partial charge in [0.15, 0.2) is 5.96 Å². The molecular formula is C14H32IN5. The topological polar surface area (TPSA) is 42.9 Å². The van der Waals surface area contributed by atoms with Crippen LogP contribution >= 0.6 is 24.0 Å². The Kier molecular flexibility index (Phi) is 11.5. The number of hydrogen-bond acceptors (Lipinski definition) is 3. The van der Waals surface area contributed by atoms with Crippen LogP contribution in [0.25, 0.3) is 0 Å². The molecule has 1 atom stereocenters. The molecule has 0 amide bonds. The van der Waals surface area contributed by atoms with Gasteiger partial charge in [0.25, 0.3) is 0 Å². The van der Waals surface area contributed by atoms with Crippen LogP contribution < -0.4 is 10.6 Å². The third-order valence-corrected chi connectivity index (χ3v) is 3.68. The molecule has 20 heavy (non-hydrogen) atoms. The van der Waals surface area contributed by atoms with E-state index in [-0.39, 0.29) is 24.0 Å². The van der Waals surface area contributed by atoms with Crippen molar-refractivity contribution < 1.29 is 0 Å². The zero-order chi connectivity index (χ0) is 14.1. The quantitative estimate of drug-likeness (QED) is 0.402. The SMILES string of the molecule is CCNC(=NCC(C)N1CCN(CC)CC1)NCC.I. The summed E-state index contributed by atoms with van der Waals surface area (Å²) in [6, 6.07) is 0.520. The molecule has 0 aromatic heterocycles. The Balaban J connectivity index is 0.00000361. The first-order valence-electron chi connectivity index (χ1n) is 7.69. The molecule has 1 aliphatic heterocycles. The Morgan fingerprint density at radius 1 is 1.05 bits per heavy atom. The molecule has 1 heterocycles. The molecule has 2 N–H and O–H groups in total. The maximum atomic E-state index is 4.66. The number of likely N-dealkylation sites (N-methyl/N-ethyl adjacent to an activating group) is 1. The first-order chi connectivity index (χ1) is 9.21. The summed E-state index contributed by atoms with van der Waals surface area (Å²) in [7, 11) is 0. The molecule has 0 aromatic rings. The van der Waals surface area contributed by atoms with E-state index in [0.29, 0.717) is 6.04 Å². The minimum atomic E-state index is 0. The van der Waals surface area contributed by atoms with Crippen molar-refractivity contribution in [1.29, 1.82) is 0 Å². The van der Waals surface area contributed by atoms with Crippen molar-refractivity contribution in [3.05, 3.63) is 0 Å². The lowest BCUT2D eigenvalue weighted by molar-refractivity contribution is 0.109. The maximum absolute atomic E-state index is 4.66. The van der Waals surface area contributed by atoms with Gasteiger partial charge in [0, 0.05) is 45.3 Å². The average molecular weight is 397 g/mol. The van der Waals surface area contributed by atoms with Gasteiger partial charge in [-0.2, -0.15) is 0 Å². The summed E-state index contributed by atoms with van der Waals surface area (Å²) in [5, 5.41) is 6.54. The van der Waals surface area contributed by atoms with Gasteiger partial charge < -0.3 is 15.5 Å². The Morgan fingerprint density at radius 3 is 2.05 bits per heavy atom. The van der Waals surface area contributed by atoms with Crippen LogP contribution in [0.3, 0.4) is 0 Å². The molecule has 1 aliphatic rings. The van der Waals surface area contributed by atoms with Gasteiger partial charge in [0.1, 0.15) is 0 Å². The van der Waals surface area contributed by atoms with Gasteiger partial charge >= 0.3 is 0 Å². The van der Waals surface area contributed by atoms with Gasteiger partial charge in [-0.1, -0.05) is 6.92 Å². The molecule has 5 nitrogen and oxygen atoms in total. The van der Waals surface area contributed by atoms with Crippen LogP contribution in [0.5, 0.6) is 0 Å². The number of rotatable bonds is 6. The highest BCUT2D eigenvalue weighted by molar-refractivity contribution is 14.0. The molecular weight excluding hydrogens is 365 g/mol. The Morgan fingerprint density at radius 2 is 1.60 bits per heavy atom. The fraction of sp³-hybridized carbons (Fsp3) is 0.929. The van der Waals surface area contributed by atoms with Gasteiger partial charge in [-0.25, -0.2) is 0 Å². The van der Waals surface area contributed by atoms with Crippen LogP contribution in [0.1, 0.15) is 27.7 Å². The van der Waals surface area contributed by atoms with E-state index in [1.165, 1.54) is 32.7 Å². The molecule has 1 unspecified atom stereocenters. The molecule has 0 aromatic carbocycles. The molecule has 120 valence electrons. The largest absolute Gasteiger partial charge is 0.357 e. The zero-order valence-corrected chi connectivity index (χ0v) is 15.8. The van der Waals surface area contributed by atoms with E-state index in [0.717, 1.165) is 25.6 Å². The van der Waals surface area contributed by atoms with E-state index in [9.17, 15) is 0 Å². The van der Waals surface area contributed by atoms with Crippen molar-refractivity contribution in [3.8, 4) is 0 Å². The highest BCUT2D eigenvalue weighted by Gasteiger charge is 2.19. The molecule has 0 spiro atoms. The summed E-state index contributed by atoms with van der Waals surface area (Å²) < 4.78 is 0. The zero-order valence-electron chi connectivity index (χ0n) is 13.5. The summed E-state index contributed by atoms with van der Waals surface area (Å²) >= 11 is 0. The predicted molar refractivity (Wildman–Crippen MR) is 98.2 cm³/mol. The number of piperazine rings is 1. The molecule has 0 radical (unpaired) electrons. The van der Waals surface area contributed by atoms with Crippen LogP contribution in [0.4, 0.5) is 0 Å². The first-order valence-corrected chi connectivity index (χ1v) is 7.69. The Labute approximate surface area is 141 Å². The van der Waals surface area contributed by atoms with Crippen LogP contribution in [0.15, 0.2) is 4.99 Å². The molecule has 6 heteroatoms. The highest BCUT2D eigenvalue weighted by Crippen LogP contribution is 2.06. The van der Waals surface area contributed by atoms with E-state index >= 15 is 0 Å². The summed E-state index contributed by atoms with van der Waals surface area (Å²) in [6.45, 7) is 17.3. The second-order valence-corrected chi connectivity index (χ2v) is 5.07. The monoisotopic (exact) mass is 397 g/mol. The maximum Gasteiger partial charge on any atom is 0.191 e. The number of guanidine groups is 1. The standard InChI is InChI=1S/C14H31N5.HI/c1-5-15-14(16-6-2)17-12-13(4)19-10-8-18(7-3)9-11-19;/h13H,5-12H2,1-4H3,(H2,15,16,17);1H. The first kappa shape index (κ1) is 19.9. The normalized spacial score (nSPS) is 18.0. The van der Waals surface area contributed by atoms with E-state index in [1.807, 2.05) is 0 Å². The molecule has 1 rings (SSSR count). The van der Waals surface area contributed by atoms with Crippen molar-refractivity contribution in [2.45, 2.75) is 33.7 Å². The third-order valence-electron chi connectivity index (χ3n) is 3.68. The number of hydrogen-bond donors (Lipinski definition) is 2. The number of halogens is 1. The second kappa shape index (κ2) is 11.6. The summed E-state index contributed by atoms with van der Waals surface area (Å²) in [5.74, 6) is 0.934. The van der Waals surface area contributed by atoms with Crippen LogP contribution in [0, 0.1) is 0 Å². The van der Waals surface area contributed by atoms with Gasteiger partial charge in [-0.05, 0) is 27.3 Å². The van der Waals surface area contributed by atoms with Gasteiger partial charge in [0.05, 0.1) is 6.54 Å². The van der Waals surface area contributed by atoms with Crippen molar-refractivity contribution >= 4 is 29.9 Å². The number of aliphatic imine (C=N–C) groups is 1. The van der Waals surface area contributed by atoms with Crippen LogP contribution in [-0.2, 0) is 0 Å². The molecule has 0 aliphatic carbocycles. The fourth-order valence-corrected chi connectivity index (χ4v) is 2.37. The van der Waals surface area contributed by atoms with E-state index in [1.54, 1.807) is 0 Å². The van der Waals surface area contributed by atoms with E-state index < -0.39 is 0 Å². The smallest absolute Gasteiger partial charge is 0.191 e. The molecule has 0 bridgehead atoms. The minimum Gasteiger partial charge on any atom is -0.357 e. The lowest BCUT2D eigenvalue weighted by atomic mass is 10.2. The predicted octanol–water partition coefficient (Wildman–Crippen LogP) is 1.21. The summed E-state index contributed by atoms with van der Waals surface area (Å²) in [4.78, 5) is 9.71. The van der Waals surface area contributed by atoms with Crippen molar-refractivity contribution in [3.63, 3.8) is 0 Å². The minimum absolute atomic E-state index is 0. The van der Waals surface area contributed by atoms with Gasteiger partial charge in [-0.15, -0.1) is 24.0 Å². The molecule has 1 saturated heterocycles. The second-order valence-electron chi connectivity index (χ2n) is 5.07. The average Bonchev–Trinajstić information content (AvgIpc) is 2.45. The van der Waals surface area contributed by atoms with E-state index in [2.05, 4.69) is 53.1 Å². The Bertz CT molecular complexity index is 256.